The molecule has 0 fully saturated rings. The first-order valence-corrected chi connectivity index (χ1v) is 4.66. The first-order valence-electron chi connectivity index (χ1n) is 0.816. The van der Waals surface area contributed by atoms with Crippen LogP contribution in [0.3, 0.4) is 0 Å². The van der Waals surface area contributed by atoms with Gasteiger partial charge >= 0.3 is 65.4 Å². The van der Waals surface area contributed by atoms with E-state index in [-0.39, 0.29) is 0 Å². The van der Waals surface area contributed by atoms with E-state index >= 15 is 0 Å². The van der Waals surface area contributed by atoms with Gasteiger partial charge in [0, 0.05) is 0 Å². The van der Waals surface area contributed by atoms with Crippen LogP contribution in [0.2, 0.25) is 0 Å². The van der Waals surface area contributed by atoms with Crippen LogP contribution in [-0.4, -0.2) is 0 Å². The van der Waals surface area contributed by atoms with Crippen LogP contribution in [0.4, 0.5) is 0 Å². The maximum absolute atomic E-state index is 8.57. The Hall–Kier alpha value is 1.29. The van der Waals surface area contributed by atoms with Gasteiger partial charge in [0.2, 0.25) is 0 Å². The van der Waals surface area contributed by atoms with Gasteiger partial charge in [-0.2, -0.15) is 0 Å². The number of rotatable bonds is 0. The summed E-state index contributed by atoms with van der Waals surface area (Å²) in [6.07, 6.45) is 0. The summed E-state index contributed by atoms with van der Waals surface area (Å²) >= 11 is -4.42. The van der Waals surface area contributed by atoms with Crippen LogP contribution < -0.4 is 0 Å². The Morgan fingerprint density at radius 3 is 1.17 bits per heavy atom. The minimum absolute atomic E-state index is 2.00. The molecular weight excluding hydrogens is 252 g/mol. The molecule has 0 N–H and O–H groups in total. The third-order valence-electron chi connectivity index (χ3n) is 0. The Labute approximate surface area is 64.2 Å². The Morgan fingerprint density at radius 2 is 1.17 bits per heavy atom. The van der Waals surface area contributed by atoms with Gasteiger partial charge in [-0.3, -0.25) is 0 Å². The molecule has 0 aliphatic carbocycles. The fourth-order valence-electron chi connectivity index (χ4n) is 0. The van der Waals surface area contributed by atoms with Gasteiger partial charge in [0.1, 0.15) is 0 Å². The van der Waals surface area contributed by atoms with E-state index in [9.17, 15) is 0 Å². The van der Waals surface area contributed by atoms with Gasteiger partial charge < -0.3 is 0 Å². The zero-order valence-corrected chi connectivity index (χ0v) is 7.33. The van der Waals surface area contributed by atoms with Gasteiger partial charge in [-0.15, -0.1) is 0 Å². The van der Waals surface area contributed by atoms with E-state index in [0.29, 0.717) is 0 Å². The molecule has 6 heteroatoms. The van der Waals surface area contributed by atoms with Crippen molar-refractivity contribution in [1.29, 1.82) is 0 Å². The monoisotopic (exact) mass is 252 g/mol. The fourth-order valence-corrected chi connectivity index (χ4v) is 0. The van der Waals surface area contributed by atoms with E-state index in [1.807, 2.05) is 0 Å². The molecule has 0 amide bonds. The molecule has 0 atom stereocenters. The van der Waals surface area contributed by atoms with Gasteiger partial charge in [0.05, 0.1) is 0 Å². The molecular formula is CeO4Ti. The summed E-state index contributed by atoms with van der Waals surface area (Å²) in [6.45, 7) is 0. The van der Waals surface area contributed by atoms with E-state index in [2.05, 4.69) is 0 Å². The van der Waals surface area contributed by atoms with Crippen molar-refractivity contribution in [1.82, 2.24) is 0 Å². The summed E-state index contributed by atoms with van der Waals surface area (Å²) in [5.74, 6) is 0. The van der Waals surface area contributed by atoms with Crippen LogP contribution in [0.1, 0.15) is 0 Å². The average Bonchev–Trinajstić information content (AvgIpc) is 1.39. The Kier molecular flexibility index (Phi) is 27.9. The molecule has 0 rings (SSSR count). The first-order chi connectivity index (χ1) is 2.83. The van der Waals surface area contributed by atoms with E-state index in [0.717, 1.165) is 0 Å². The molecule has 0 saturated heterocycles. The topological polar surface area (TPSA) is 68.3 Å². The summed E-state index contributed by atoms with van der Waals surface area (Å²) in [5, 5.41) is 0. The van der Waals surface area contributed by atoms with E-state index < -0.39 is 56.9 Å². The molecule has 0 unspecified atom stereocenters. The average molecular weight is 252 g/mol. The van der Waals surface area contributed by atoms with Crippen LogP contribution in [0, 0.1) is 37.8 Å². The Balaban J connectivity index is 0. The SMILES string of the molecule is [O]=[Ce]=[O].[O]=[Ti]=[O]. The van der Waals surface area contributed by atoms with Crippen molar-refractivity contribution < 1.29 is 65.4 Å². The van der Waals surface area contributed by atoms with Gasteiger partial charge in [-0.1, -0.05) is 0 Å². The zero-order chi connectivity index (χ0) is 5.41. The van der Waals surface area contributed by atoms with E-state index in [1.54, 1.807) is 0 Å². The van der Waals surface area contributed by atoms with Crippen molar-refractivity contribution >= 4 is 0 Å². The predicted octanol–water partition coefficient (Wildman–Crippen LogP) is -0.478. The molecule has 0 aliphatic rings. The predicted molar refractivity (Wildman–Crippen MR) is 2.75 cm³/mol. The van der Waals surface area contributed by atoms with Gasteiger partial charge in [-0.25, -0.2) is 0 Å². The molecule has 0 aliphatic heterocycles. The van der Waals surface area contributed by atoms with Crippen LogP contribution in [0.25, 0.3) is 0 Å². The molecule has 0 aromatic carbocycles. The summed E-state index contributed by atoms with van der Waals surface area (Å²) in [7, 11) is 0. The fraction of sp³-hybridized carbons (Fsp3) is 0. The van der Waals surface area contributed by atoms with Crippen molar-refractivity contribution in [3.8, 4) is 0 Å². The van der Waals surface area contributed by atoms with Crippen LogP contribution >= 0.6 is 0 Å². The summed E-state index contributed by atoms with van der Waals surface area (Å²) in [6, 6.07) is 0. The van der Waals surface area contributed by atoms with Gasteiger partial charge in [0.15, 0.2) is 0 Å². The van der Waals surface area contributed by atoms with Crippen molar-refractivity contribution in [3.05, 3.63) is 0 Å². The molecule has 4 nitrogen and oxygen atoms in total. The molecule has 0 radical (unpaired) electrons. The van der Waals surface area contributed by atoms with Crippen LogP contribution in [0.15, 0.2) is 0 Å². The van der Waals surface area contributed by atoms with Gasteiger partial charge in [0.25, 0.3) is 0 Å². The standard InChI is InChI=1S/Ce.4O.Ti. The molecule has 0 bridgehead atoms. The van der Waals surface area contributed by atoms with E-state index in [1.165, 1.54) is 0 Å². The molecule has 0 aromatic heterocycles. The molecule has 0 saturated carbocycles. The van der Waals surface area contributed by atoms with Crippen molar-refractivity contribution in [2.75, 3.05) is 0 Å². The third kappa shape index (κ3) is 58.5. The second-order valence-electron chi connectivity index (χ2n) is 0.167. The number of hydrogen-bond acceptors (Lipinski definition) is 4. The van der Waals surface area contributed by atoms with Crippen LogP contribution in [0.5, 0.6) is 0 Å². The van der Waals surface area contributed by atoms with Crippen molar-refractivity contribution in [2.24, 2.45) is 0 Å². The molecule has 32 valence electrons. The van der Waals surface area contributed by atoms with E-state index in [4.69, 9.17) is 8.53 Å². The summed E-state index contributed by atoms with van der Waals surface area (Å²) in [4.78, 5) is 0. The first kappa shape index (κ1) is 10.3. The molecule has 0 aromatic rings. The number of hydrogen-bond donors (Lipinski definition) is 0. The Morgan fingerprint density at radius 1 is 1.17 bits per heavy atom. The summed E-state index contributed by atoms with van der Waals surface area (Å²) in [5.41, 5.74) is 0. The zero-order valence-electron chi connectivity index (χ0n) is 2.63. The maximum atomic E-state index is 8.57. The third-order valence-corrected chi connectivity index (χ3v) is 0. The van der Waals surface area contributed by atoms with Crippen molar-refractivity contribution in [3.63, 3.8) is 0 Å². The molecule has 0 heterocycles. The Bertz CT molecular complexity index is 61.5. The van der Waals surface area contributed by atoms with Crippen molar-refractivity contribution in [2.45, 2.75) is 0 Å². The van der Waals surface area contributed by atoms with Gasteiger partial charge in [-0.05, 0) is 0 Å². The second kappa shape index (κ2) is 16.3. The summed E-state index contributed by atoms with van der Waals surface area (Å²) < 4.78 is 34.1. The quantitative estimate of drug-likeness (QED) is 0.546. The van der Waals surface area contributed by atoms with Crippen LogP contribution in [-0.2, 0) is 27.6 Å². The second-order valence-corrected chi connectivity index (χ2v) is 0.950. The minimum atomic E-state index is -2.42. The molecule has 0 spiro atoms. The molecule has 6 heavy (non-hydrogen) atoms. The normalized spacial score (nSPS) is 2.67.